The summed E-state index contributed by atoms with van der Waals surface area (Å²) in [5.74, 6) is 1.31. The summed E-state index contributed by atoms with van der Waals surface area (Å²) < 4.78 is 0. The van der Waals surface area contributed by atoms with Gasteiger partial charge in [0.25, 0.3) is 0 Å². The number of nitrogens with zero attached hydrogens (tertiary/aromatic N) is 3. The average Bonchev–Trinajstić information content (AvgIpc) is 2.43. The molecule has 1 heterocycles. The first kappa shape index (κ1) is 16.8. The van der Waals surface area contributed by atoms with E-state index >= 15 is 0 Å². The van der Waals surface area contributed by atoms with Gasteiger partial charge in [0.05, 0.1) is 11.3 Å². The van der Waals surface area contributed by atoms with Crippen LogP contribution in [0.4, 0.5) is 5.82 Å². The molecule has 0 aliphatic rings. The van der Waals surface area contributed by atoms with Crippen LogP contribution in [-0.4, -0.2) is 28.3 Å². The van der Waals surface area contributed by atoms with Crippen LogP contribution in [0.5, 0.6) is 0 Å². The second-order valence-corrected chi connectivity index (χ2v) is 5.93. The molecular weight excluding hydrogens is 268 g/mol. The third-order valence-corrected chi connectivity index (χ3v) is 4.19. The van der Waals surface area contributed by atoms with Crippen LogP contribution < -0.4 is 10.6 Å². The Balaban J connectivity index is 3.44. The molecule has 0 saturated carbocycles. The fourth-order valence-corrected chi connectivity index (χ4v) is 2.52. The lowest BCUT2D eigenvalue weighted by Crippen LogP contribution is -2.36. The predicted molar refractivity (Wildman–Crippen MR) is 89.4 cm³/mol. The highest BCUT2D eigenvalue weighted by Crippen LogP contribution is 2.26. The number of rotatable bonds is 6. The van der Waals surface area contributed by atoms with Crippen LogP contribution in [0.25, 0.3) is 0 Å². The van der Waals surface area contributed by atoms with Crippen molar-refractivity contribution < 1.29 is 0 Å². The quantitative estimate of drug-likeness (QED) is 0.818. The predicted octanol–water partition coefficient (Wildman–Crippen LogP) is 2.72. The van der Waals surface area contributed by atoms with Crippen molar-refractivity contribution in [1.29, 1.82) is 0 Å². The maximum absolute atomic E-state index is 5.97. The summed E-state index contributed by atoms with van der Waals surface area (Å²) in [6.45, 7) is 10.7. The van der Waals surface area contributed by atoms with E-state index in [4.69, 9.17) is 18.0 Å². The van der Waals surface area contributed by atoms with Gasteiger partial charge in [-0.1, -0.05) is 39.9 Å². The molecule has 0 aromatic carbocycles. The molecule has 1 aromatic rings. The second-order valence-electron chi connectivity index (χ2n) is 5.49. The van der Waals surface area contributed by atoms with Crippen LogP contribution in [0.2, 0.25) is 0 Å². The van der Waals surface area contributed by atoms with Crippen molar-refractivity contribution in [3.05, 3.63) is 16.8 Å². The summed E-state index contributed by atoms with van der Waals surface area (Å²) in [6.07, 6.45) is 1.71. The van der Waals surface area contributed by atoms with Crippen molar-refractivity contribution in [2.45, 2.75) is 53.5 Å². The molecule has 0 aliphatic carbocycles. The van der Waals surface area contributed by atoms with Crippen molar-refractivity contribution in [3.8, 4) is 0 Å². The minimum Gasteiger partial charge on any atom is -0.389 e. The lowest BCUT2D eigenvalue weighted by atomic mass is 10.0. The molecule has 0 fully saturated rings. The number of thiocarbonyl (C=S) groups is 1. The first-order valence-corrected chi connectivity index (χ1v) is 7.66. The zero-order chi connectivity index (χ0) is 15.4. The Labute approximate surface area is 127 Å². The lowest BCUT2D eigenvalue weighted by molar-refractivity contribution is 0.501. The van der Waals surface area contributed by atoms with Gasteiger partial charge < -0.3 is 10.6 Å². The summed E-state index contributed by atoms with van der Waals surface area (Å²) >= 11 is 5.27. The molecule has 112 valence electrons. The zero-order valence-electron chi connectivity index (χ0n) is 13.4. The van der Waals surface area contributed by atoms with Gasteiger partial charge in [-0.3, -0.25) is 0 Å². The fraction of sp³-hybridized carbons (Fsp3) is 0.667. The van der Waals surface area contributed by atoms with E-state index in [1.807, 2.05) is 7.05 Å². The molecule has 0 amide bonds. The number of hydrogen-bond acceptors (Lipinski definition) is 4. The molecule has 1 atom stereocenters. The van der Waals surface area contributed by atoms with Gasteiger partial charge in [-0.2, -0.15) is 5.10 Å². The summed E-state index contributed by atoms with van der Waals surface area (Å²) in [5.41, 5.74) is 8.98. The van der Waals surface area contributed by atoms with E-state index in [2.05, 4.69) is 49.7 Å². The van der Waals surface area contributed by atoms with Crippen molar-refractivity contribution in [2.75, 3.05) is 11.9 Å². The van der Waals surface area contributed by atoms with E-state index in [0.717, 1.165) is 35.5 Å². The molecule has 0 radical (unpaired) electrons. The SMILES string of the molecule is CCc1nnc(N(C)C(C)C(C)C)c(C(N)=S)c1CC. The zero-order valence-corrected chi connectivity index (χ0v) is 14.2. The summed E-state index contributed by atoms with van der Waals surface area (Å²) in [5, 5.41) is 8.76. The molecule has 1 unspecified atom stereocenters. The lowest BCUT2D eigenvalue weighted by Gasteiger charge is -2.31. The van der Waals surface area contributed by atoms with Gasteiger partial charge in [0.1, 0.15) is 4.99 Å². The molecule has 0 aliphatic heterocycles. The Kier molecular flexibility index (Phi) is 5.87. The maximum Gasteiger partial charge on any atom is 0.161 e. The normalized spacial score (nSPS) is 12.6. The topological polar surface area (TPSA) is 55.0 Å². The highest BCUT2D eigenvalue weighted by atomic mass is 32.1. The van der Waals surface area contributed by atoms with E-state index in [1.165, 1.54) is 0 Å². The number of hydrogen-bond donors (Lipinski definition) is 1. The van der Waals surface area contributed by atoms with E-state index in [-0.39, 0.29) is 0 Å². The first-order valence-electron chi connectivity index (χ1n) is 7.26. The molecule has 2 N–H and O–H groups in total. The van der Waals surface area contributed by atoms with E-state index < -0.39 is 0 Å². The van der Waals surface area contributed by atoms with Crippen LogP contribution >= 0.6 is 12.2 Å². The standard InChI is InChI=1S/C15H26N4S/c1-7-11-12(8-2)17-18-15(13(11)14(16)20)19(6)10(5)9(3)4/h9-10H,7-8H2,1-6H3,(H2,16,20). The van der Waals surface area contributed by atoms with Crippen molar-refractivity contribution in [2.24, 2.45) is 11.7 Å². The van der Waals surface area contributed by atoms with Gasteiger partial charge in [-0.25, -0.2) is 0 Å². The van der Waals surface area contributed by atoms with Gasteiger partial charge >= 0.3 is 0 Å². The Morgan fingerprint density at radius 1 is 1.20 bits per heavy atom. The van der Waals surface area contributed by atoms with Crippen molar-refractivity contribution >= 4 is 23.0 Å². The van der Waals surface area contributed by atoms with Gasteiger partial charge in [0.15, 0.2) is 5.82 Å². The monoisotopic (exact) mass is 294 g/mol. The van der Waals surface area contributed by atoms with Crippen LogP contribution in [0.3, 0.4) is 0 Å². The van der Waals surface area contributed by atoms with E-state index in [0.29, 0.717) is 16.9 Å². The van der Waals surface area contributed by atoms with Gasteiger partial charge in [0.2, 0.25) is 0 Å². The van der Waals surface area contributed by atoms with Crippen LogP contribution in [-0.2, 0) is 12.8 Å². The van der Waals surface area contributed by atoms with Crippen molar-refractivity contribution in [1.82, 2.24) is 10.2 Å². The first-order chi connectivity index (χ1) is 9.34. The largest absolute Gasteiger partial charge is 0.389 e. The summed E-state index contributed by atoms with van der Waals surface area (Å²) in [7, 11) is 2.03. The molecule has 1 rings (SSSR count). The highest BCUT2D eigenvalue weighted by Gasteiger charge is 2.23. The maximum atomic E-state index is 5.97. The molecule has 0 saturated heterocycles. The molecule has 20 heavy (non-hydrogen) atoms. The van der Waals surface area contributed by atoms with Crippen LogP contribution in [0, 0.1) is 5.92 Å². The third kappa shape index (κ3) is 3.26. The Morgan fingerprint density at radius 2 is 1.80 bits per heavy atom. The van der Waals surface area contributed by atoms with E-state index in [9.17, 15) is 0 Å². The van der Waals surface area contributed by atoms with Crippen LogP contribution in [0.1, 0.15) is 51.4 Å². The molecule has 5 heteroatoms. The number of anilines is 1. The third-order valence-electron chi connectivity index (χ3n) is 3.98. The average molecular weight is 294 g/mol. The van der Waals surface area contributed by atoms with Gasteiger partial charge in [0, 0.05) is 13.1 Å². The molecule has 0 bridgehead atoms. The number of nitrogens with two attached hydrogens (primary N) is 1. The molecular formula is C15H26N4S. The number of aryl methyl sites for hydroxylation is 1. The molecule has 4 nitrogen and oxygen atoms in total. The molecule has 1 aromatic heterocycles. The second kappa shape index (κ2) is 6.97. The summed E-state index contributed by atoms with van der Waals surface area (Å²) in [6, 6.07) is 0.342. The summed E-state index contributed by atoms with van der Waals surface area (Å²) in [4.78, 5) is 2.54. The highest BCUT2D eigenvalue weighted by molar-refractivity contribution is 7.80. The van der Waals surface area contributed by atoms with Gasteiger partial charge in [-0.05, 0) is 31.2 Å². The van der Waals surface area contributed by atoms with Gasteiger partial charge in [-0.15, -0.1) is 5.10 Å². The Hall–Kier alpha value is -1.23. The van der Waals surface area contributed by atoms with E-state index in [1.54, 1.807) is 0 Å². The smallest absolute Gasteiger partial charge is 0.161 e. The van der Waals surface area contributed by atoms with Crippen molar-refractivity contribution in [3.63, 3.8) is 0 Å². The molecule has 0 spiro atoms. The van der Waals surface area contributed by atoms with Crippen LogP contribution in [0.15, 0.2) is 0 Å². The number of aromatic nitrogens is 2. The Morgan fingerprint density at radius 3 is 2.20 bits per heavy atom. The minimum absolute atomic E-state index is 0.342. The Bertz CT molecular complexity index is 485. The minimum atomic E-state index is 0.342. The fourth-order valence-electron chi connectivity index (χ4n) is 2.31.